The third-order valence-electron chi connectivity index (χ3n) is 3.59. The van der Waals surface area contributed by atoms with Crippen molar-refractivity contribution in [2.75, 3.05) is 39.4 Å². The number of morpholine rings is 1. The van der Waals surface area contributed by atoms with E-state index in [0.29, 0.717) is 0 Å². The molecule has 1 aromatic carbocycles. The van der Waals surface area contributed by atoms with E-state index in [-0.39, 0.29) is 0 Å². The van der Waals surface area contributed by atoms with Crippen molar-refractivity contribution in [3.05, 3.63) is 36.1 Å². The van der Waals surface area contributed by atoms with Gasteiger partial charge in [-0.25, -0.2) is 0 Å². The number of nitrogens with zero attached hydrogens (tertiary/aromatic N) is 1. The van der Waals surface area contributed by atoms with Gasteiger partial charge in [-0.15, -0.1) is 0 Å². The minimum atomic E-state index is 0.862. The standard InChI is InChI=1S/C15H20N2O2/c1-2-4-15-14(3-1)13(12-19-15)11-16-5-6-17-7-9-18-10-8-17/h1-4,12,16H,5-11H2. The van der Waals surface area contributed by atoms with Gasteiger partial charge in [0.25, 0.3) is 0 Å². The predicted molar refractivity (Wildman–Crippen MR) is 75.2 cm³/mol. The first-order valence-electron chi connectivity index (χ1n) is 6.89. The first-order chi connectivity index (χ1) is 9.43. The summed E-state index contributed by atoms with van der Waals surface area (Å²) >= 11 is 0. The minimum absolute atomic E-state index is 0.862. The highest BCUT2D eigenvalue weighted by Gasteiger charge is 2.09. The maximum absolute atomic E-state index is 5.53. The SMILES string of the molecule is c1ccc2c(CNCCN3CCOCC3)coc2c1. The molecule has 0 bridgehead atoms. The zero-order chi connectivity index (χ0) is 12.9. The summed E-state index contributed by atoms with van der Waals surface area (Å²) in [6, 6.07) is 8.17. The predicted octanol–water partition coefficient (Wildman–Crippen LogP) is 1.85. The third kappa shape index (κ3) is 3.15. The van der Waals surface area contributed by atoms with Crippen molar-refractivity contribution in [3.63, 3.8) is 0 Å². The Balaban J connectivity index is 1.47. The summed E-state index contributed by atoms with van der Waals surface area (Å²) in [5, 5.41) is 4.69. The Bertz CT molecular complexity index is 518. The number of para-hydroxylation sites is 1. The molecule has 1 aliphatic heterocycles. The summed E-state index contributed by atoms with van der Waals surface area (Å²) in [6.07, 6.45) is 1.85. The summed E-state index contributed by atoms with van der Waals surface area (Å²) in [5.74, 6) is 0. The fourth-order valence-electron chi connectivity index (χ4n) is 2.45. The number of nitrogens with one attached hydrogen (secondary N) is 1. The average molecular weight is 260 g/mol. The first kappa shape index (κ1) is 12.7. The topological polar surface area (TPSA) is 37.6 Å². The zero-order valence-corrected chi connectivity index (χ0v) is 11.1. The lowest BCUT2D eigenvalue weighted by atomic mass is 10.2. The van der Waals surface area contributed by atoms with Crippen LogP contribution in [0, 0.1) is 0 Å². The molecule has 0 unspecified atom stereocenters. The molecule has 3 rings (SSSR count). The van der Waals surface area contributed by atoms with Crippen LogP contribution in [0.1, 0.15) is 5.56 Å². The van der Waals surface area contributed by atoms with Crippen LogP contribution in [0.15, 0.2) is 34.9 Å². The summed E-state index contributed by atoms with van der Waals surface area (Å²) < 4.78 is 10.9. The van der Waals surface area contributed by atoms with Gasteiger partial charge in [0.1, 0.15) is 5.58 Å². The Hall–Kier alpha value is -1.36. The molecule has 4 nitrogen and oxygen atoms in total. The Kier molecular flexibility index (Phi) is 4.13. The van der Waals surface area contributed by atoms with Crippen molar-refractivity contribution in [2.45, 2.75) is 6.54 Å². The molecule has 19 heavy (non-hydrogen) atoms. The Morgan fingerprint density at radius 2 is 2.00 bits per heavy atom. The molecule has 1 fully saturated rings. The van der Waals surface area contributed by atoms with E-state index in [9.17, 15) is 0 Å². The minimum Gasteiger partial charge on any atom is -0.464 e. The summed E-state index contributed by atoms with van der Waals surface area (Å²) in [4.78, 5) is 2.43. The molecule has 2 heterocycles. The molecular formula is C15H20N2O2. The molecule has 2 aromatic rings. The lowest BCUT2D eigenvalue weighted by Gasteiger charge is -2.26. The molecule has 0 amide bonds. The van der Waals surface area contributed by atoms with Crippen molar-refractivity contribution < 1.29 is 9.15 Å². The molecule has 1 aliphatic rings. The van der Waals surface area contributed by atoms with E-state index in [4.69, 9.17) is 9.15 Å². The van der Waals surface area contributed by atoms with Crippen LogP contribution < -0.4 is 5.32 Å². The largest absolute Gasteiger partial charge is 0.464 e. The molecular weight excluding hydrogens is 240 g/mol. The fourth-order valence-corrected chi connectivity index (χ4v) is 2.45. The van der Waals surface area contributed by atoms with E-state index in [1.165, 1.54) is 10.9 Å². The summed E-state index contributed by atoms with van der Waals surface area (Å²) in [5.41, 5.74) is 2.20. The Labute approximate surface area is 113 Å². The number of benzene rings is 1. The van der Waals surface area contributed by atoms with Gasteiger partial charge in [-0.05, 0) is 6.07 Å². The number of ether oxygens (including phenoxy) is 1. The fraction of sp³-hybridized carbons (Fsp3) is 0.467. The van der Waals surface area contributed by atoms with Crippen LogP contribution in [0.2, 0.25) is 0 Å². The average Bonchev–Trinajstić information content (AvgIpc) is 2.88. The molecule has 102 valence electrons. The van der Waals surface area contributed by atoms with Crippen molar-refractivity contribution in [1.29, 1.82) is 0 Å². The first-order valence-corrected chi connectivity index (χ1v) is 6.89. The molecule has 1 aromatic heterocycles. The van der Waals surface area contributed by atoms with Crippen molar-refractivity contribution >= 4 is 11.0 Å². The molecule has 4 heteroatoms. The van der Waals surface area contributed by atoms with Crippen molar-refractivity contribution in [2.24, 2.45) is 0 Å². The highest BCUT2D eigenvalue weighted by Crippen LogP contribution is 2.20. The quantitative estimate of drug-likeness (QED) is 0.833. The Morgan fingerprint density at radius 3 is 2.89 bits per heavy atom. The van der Waals surface area contributed by atoms with E-state index in [0.717, 1.165) is 51.5 Å². The maximum atomic E-state index is 5.53. The molecule has 0 radical (unpaired) electrons. The normalized spacial score (nSPS) is 17.1. The van der Waals surface area contributed by atoms with Crippen molar-refractivity contribution in [3.8, 4) is 0 Å². The summed E-state index contributed by atoms with van der Waals surface area (Å²) in [7, 11) is 0. The van der Waals surface area contributed by atoms with Crippen LogP contribution in [0.25, 0.3) is 11.0 Å². The van der Waals surface area contributed by atoms with E-state index in [2.05, 4.69) is 22.3 Å². The second-order valence-corrected chi connectivity index (χ2v) is 4.89. The van der Waals surface area contributed by atoms with Gasteiger partial charge in [-0.3, -0.25) is 4.90 Å². The van der Waals surface area contributed by atoms with Gasteiger partial charge in [0.2, 0.25) is 0 Å². The number of furan rings is 1. The number of rotatable bonds is 5. The van der Waals surface area contributed by atoms with Gasteiger partial charge < -0.3 is 14.5 Å². The van der Waals surface area contributed by atoms with Gasteiger partial charge >= 0.3 is 0 Å². The molecule has 1 N–H and O–H groups in total. The zero-order valence-electron chi connectivity index (χ0n) is 11.1. The van der Waals surface area contributed by atoms with Gasteiger partial charge in [0.15, 0.2) is 0 Å². The Morgan fingerprint density at radius 1 is 1.16 bits per heavy atom. The third-order valence-corrected chi connectivity index (χ3v) is 3.59. The van der Waals surface area contributed by atoms with E-state index >= 15 is 0 Å². The number of hydrogen-bond donors (Lipinski definition) is 1. The lowest BCUT2D eigenvalue weighted by Crippen LogP contribution is -2.40. The molecule has 0 saturated carbocycles. The van der Waals surface area contributed by atoms with E-state index < -0.39 is 0 Å². The smallest absolute Gasteiger partial charge is 0.134 e. The van der Waals surface area contributed by atoms with Crippen LogP contribution in [0.5, 0.6) is 0 Å². The number of hydrogen-bond acceptors (Lipinski definition) is 4. The molecule has 0 spiro atoms. The van der Waals surface area contributed by atoms with Crippen LogP contribution in [-0.2, 0) is 11.3 Å². The van der Waals surface area contributed by atoms with Gasteiger partial charge in [-0.2, -0.15) is 0 Å². The second kappa shape index (κ2) is 6.19. The highest BCUT2D eigenvalue weighted by atomic mass is 16.5. The lowest BCUT2D eigenvalue weighted by molar-refractivity contribution is 0.0384. The maximum Gasteiger partial charge on any atom is 0.134 e. The van der Waals surface area contributed by atoms with Crippen LogP contribution in [0.4, 0.5) is 0 Å². The van der Waals surface area contributed by atoms with Gasteiger partial charge in [-0.1, -0.05) is 18.2 Å². The monoisotopic (exact) mass is 260 g/mol. The second-order valence-electron chi connectivity index (χ2n) is 4.89. The van der Waals surface area contributed by atoms with Crippen LogP contribution >= 0.6 is 0 Å². The van der Waals surface area contributed by atoms with E-state index in [1.54, 1.807) is 0 Å². The molecule has 0 aliphatic carbocycles. The highest BCUT2D eigenvalue weighted by molar-refractivity contribution is 5.80. The molecule has 1 saturated heterocycles. The van der Waals surface area contributed by atoms with Crippen LogP contribution in [-0.4, -0.2) is 44.3 Å². The van der Waals surface area contributed by atoms with E-state index in [1.807, 2.05) is 18.4 Å². The van der Waals surface area contributed by atoms with Gasteiger partial charge in [0, 0.05) is 43.7 Å². The van der Waals surface area contributed by atoms with Crippen molar-refractivity contribution in [1.82, 2.24) is 10.2 Å². The summed E-state index contributed by atoms with van der Waals surface area (Å²) in [6.45, 7) is 6.78. The van der Waals surface area contributed by atoms with Crippen LogP contribution in [0.3, 0.4) is 0 Å². The van der Waals surface area contributed by atoms with Gasteiger partial charge in [0.05, 0.1) is 19.5 Å². The number of fused-ring (bicyclic) bond motifs is 1. The molecule has 0 atom stereocenters.